The van der Waals surface area contributed by atoms with Crippen LogP contribution < -0.4 is 5.32 Å². The van der Waals surface area contributed by atoms with Gasteiger partial charge >= 0.3 is 0 Å². The van der Waals surface area contributed by atoms with Crippen molar-refractivity contribution in [2.45, 2.75) is 6.54 Å². The Balaban J connectivity index is 2.02. The van der Waals surface area contributed by atoms with Crippen LogP contribution in [0.4, 0.5) is 5.69 Å². The second-order valence-electron chi connectivity index (χ2n) is 3.66. The fourth-order valence-electron chi connectivity index (χ4n) is 1.42. The minimum atomic E-state index is 0.443. The van der Waals surface area contributed by atoms with Gasteiger partial charge in [0.25, 0.3) is 0 Å². The monoisotopic (exact) mass is 321 g/mol. The van der Waals surface area contributed by atoms with Crippen molar-refractivity contribution in [3.63, 3.8) is 0 Å². The Morgan fingerprint density at radius 2 is 2.06 bits per heavy atom. The Morgan fingerprint density at radius 3 is 2.67 bits per heavy atom. The van der Waals surface area contributed by atoms with E-state index in [1.807, 2.05) is 18.2 Å². The molecular formula is C13H9BrClN3. The fraction of sp³-hybridized carbons (Fsp3) is 0.0769. The van der Waals surface area contributed by atoms with Gasteiger partial charge in [-0.3, -0.25) is 0 Å². The van der Waals surface area contributed by atoms with E-state index >= 15 is 0 Å². The second kappa shape index (κ2) is 5.85. The van der Waals surface area contributed by atoms with Gasteiger partial charge in [0.15, 0.2) is 0 Å². The lowest BCUT2D eigenvalue weighted by molar-refractivity contribution is 1.13. The third-order valence-corrected chi connectivity index (χ3v) is 3.51. The van der Waals surface area contributed by atoms with Crippen LogP contribution in [-0.4, -0.2) is 4.98 Å². The number of hydrogen-bond donors (Lipinski definition) is 1. The first kappa shape index (κ1) is 12.9. The zero-order valence-corrected chi connectivity index (χ0v) is 11.7. The molecule has 0 atom stereocenters. The predicted octanol–water partition coefficient (Wildman–Crippen LogP) is 3.98. The van der Waals surface area contributed by atoms with Gasteiger partial charge in [-0.25, -0.2) is 4.98 Å². The van der Waals surface area contributed by atoms with Crippen LogP contribution in [0.3, 0.4) is 0 Å². The van der Waals surface area contributed by atoms with Crippen molar-refractivity contribution >= 4 is 33.2 Å². The summed E-state index contributed by atoms with van der Waals surface area (Å²) in [6.07, 6.45) is 1.68. The molecule has 0 radical (unpaired) electrons. The lowest BCUT2D eigenvalue weighted by atomic mass is 10.1. The first-order valence-electron chi connectivity index (χ1n) is 5.23. The summed E-state index contributed by atoms with van der Waals surface area (Å²) in [5, 5.41) is 12.4. The third kappa shape index (κ3) is 3.22. The standard InChI is InChI=1S/C13H9BrClN3/c14-12-5-11(8-18-13(12)15)17-7-10-3-1-9(6-16)2-4-10/h1-5,8,17H,7H2. The van der Waals surface area contributed by atoms with E-state index in [1.54, 1.807) is 18.3 Å². The van der Waals surface area contributed by atoms with Gasteiger partial charge in [0.05, 0.1) is 28.0 Å². The molecule has 3 nitrogen and oxygen atoms in total. The maximum Gasteiger partial charge on any atom is 0.143 e. The molecule has 0 aliphatic heterocycles. The summed E-state index contributed by atoms with van der Waals surface area (Å²) in [5.74, 6) is 0. The molecular weight excluding hydrogens is 314 g/mol. The topological polar surface area (TPSA) is 48.7 Å². The lowest BCUT2D eigenvalue weighted by Crippen LogP contribution is -1.99. The number of halogens is 2. The molecule has 1 aromatic carbocycles. The Bertz CT molecular complexity index is 590. The molecule has 5 heteroatoms. The molecule has 0 fully saturated rings. The largest absolute Gasteiger partial charge is 0.380 e. The van der Waals surface area contributed by atoms with Crippen molar-refractivity contribution < 1.29 is 0 Å². The van der Waals surface area contributed by atoms with Gasteiger partial charge in [0.2, 0.25) is 0 Å². The third-order valence-electron chi connectivity index (χ3n) is 2.38. The van der Waals surface area contributed by atoms with Crippen LogP contribution >= 0.6 is 27.5 Å². The highest BCUT2D eigenvalue weighted by molar-refractivity contribution is 9.10. The van der Waals surface area contributed by atoms with Crippen LogP contribution in [0.15, 0.2) is 41.0 Å². The first-order valence-corrected chi connectivity index (χ1v) is 6.40. The van der Waals surface area contributed by atoms with E-state index < -0.39 is 0 Å². The Kier molecular flexibility index (Phi) is 4.19. The molecule has 18 heavy (non-hydrogen) atoms. The molecule has 0 saturated heterocycles. The van der Waals surface area contributed by atoms with Crippen molar-refractivity contribution in [2.24, 2.45) is 0 Å². The van der Waals surface area contributed by atoms with E-state index in [-0.39, 0.29) is 0 Å². The van der Waals surface area contributed by atoms with Crippen molar-refractivity contribution in [3.8, 4) is 6.07 Å². The maximum atomic E-state index is 8.70. The fourth-order valence-corrected chi connectivity index (χ4v) is 1.87. The highest BCUT2D eigenvalue weighted by Crippen LogP contribution is 2.23. The van der Waals surface area contributed by atoms with E-state index in [1.165, 1.54) is 0 Å². The second-order valence-corrected chi connectivity index (χ2v) is 4.87. The molecule has 1 aromatic heterocycles. The quantitative estimate of drug-likeness (QED) is 0.870. The number of nitrogens with zero attached hydrogens (tertiary/aromatic N) is 2. The summed E-state index contributed by atoms with van der Waals surface area (Å²) in [5.41, 5.74) is 2.64. The van der Waals surface area contributed by atoms with Crippen LogP contribution in [-0.2, 0) is 6.54 Å². The molecule has 0 amide bonds. The maximum absolute atomic E-state index is 8.70. The normalized spacial score (nSPS) is 9.83. The van der Waals surface area contributed by atoms with Crippen LogP contribution in [0.5, 0.6) is 0 Å². The molecule has 90 valence electrons. The molecule has 0 bridgehead atoms. The molecule has 1 N–H and O–H groups in total. The van der Waals surface area contributed by atoms with Gasteiger partial charge in [0.1, 0.15) is 5.15 Å². The molecule has 0 aliphatic rings. The van der Waals surface area contributed by atoms with Crippen molar-refractivity contribution in [3.05, 3.63) is 57.3 Å². The highest BCUT2D eigenvalue weighted by Gasteiger charge is 2.00. The van der Waals surface area contributed by atoms with E-state index in [4.69, 9.17) is 16.9 Å². The van der Waals surface area contributed by atoms with Gasteiger partial charge in [0, 0.05) is 6.54 Å². The number of nitrogens with one attached hydrogen (secondary N) is 1. The van der Waals surface area contributed by atoms with Crippen LogP contribution in [0.2, 0.25) is 5.15 Å². The van der Waals surface area contributed by atoms with Crippen molar-refractivity contribution in [2.75, 3.05) is 5.32 Å². The molecule has 0 spiro atoms. The van der Waals surface area contributed by atoms with Crippen molar-refractivity contribution in [1.29, 1.82) is 5.26 Å². The SMILES string of the molecule is N#Cc1ccc(CNc2cnc(Cl)c(Br)c2)cc1. The number of pyridine rings is 1. The summed E-state index contributed by atoms with van der Waals surface area (Å²) in [4.78, 5) is 4.03. The number of benzene rings is 1. The summed E-state index contributed by atoms with van der Waals surface area (Å²) in [6.45, 7) is 0.668. The van der Waals surface area contributed by atoms with E-state index in [0.29, 0.717) is 17.3 Å². The van der Waals surface area contributed by atoms with Gasteiger partial charge in [-0.2, -0.15) is 5.26 Å². The molecule has 2 rings (SSSR count). The average molecular weight is 323 g/mol. The molecule has 2 aromatic rings. The van der Waals surface area contributed by atoms with Gasteiger partial charge < -0.3 is 5.32 Å². The summed E-state index contributed by atoms with van der Waals surface area (Å²) in [7, 11) is 0. The summed E-state index contributed by atoms with van der Waals surface area (Å²) >= 11 is 9.14. The minimum Gasteiger partial charge on any atom is -0.380 e. The van der Waals surface area contributed by atoms with Gasteiger partial charge in [-0.15, -0.1) is 0 Å². The molecule has 0 saturated carbocycles. The highest BCUT2D eigenvalue weighted by atomic mass is 79.9. The van der Waals surface area contributed by atoms with Gasteiger partial charge in [-0.05, 0) is 39.7 Å². The summed E-state index contributed by atoms with van der Waals surface area (Å²) in [6, 6.07) is 11.4. The van der Waals surface area contributed by atoms with Crippen LogP contribution in [0.1, 0.15) is 11.1 Å². The van der Waals surface area contributed by atoms with E-state index in [9.17, 15) is 0 Å². The number of anilines is 1. The number of nitriles is 1. The van der Waals surface area contributed by atoms with E-state index in [0.717, 1.165) is 15.7 Å². The van der Waals surface area contributed by atoms with E-state index in [2.05, 4.69) is 32.3 Å². The van der Waals surface area contributed by atoms with Crippen LogP contribution in [0.25, 0.3) is 0 Å². The zero-order valence-electron chi connectivity index (χ0n) is 9.32. The smallest absolute Gasteiger partial charge is 0.143 e. The molecule has 0 aliphatic carbocycles. The Labute approximate surface area is 119 Å². The van der Waals surface area contributed by atoms with Crippen molar-refractivity contribution in [1.82, 2.24) is 4.98 Å². The average Bonchev–Trinajstić information content (AvgIpc) is 2.41. The number of hydrogen-bond acceptors (Lipinski definition) is 3. The van der Waals surface area contributed by atoms with Gasteiger partial charge in [-0.1, -0.05) is 23.7 Å². The molecule has 0 unspecified atom stereocenters. The molecule has 1 heterocycles. The Hall–Kier alpha value is -1.57. The zero-order chi connectivity index (χ0) is 13.0. The predicted molar refractivity (Wildman–Crippen MR) is 75.4 cm³/mol. The first-order chi connectivity index (χ1) is 8.69. The summed E-state index contributed by atoms with van der Waals surface area (Å²) < 4.78 is 0.758. The van der Waals surface area contributed by atoms with Crippen LogP contribution in [0, 0.1) is 11.3 Å². The number of aromatic nitrogens is 1. The number of rotatable bonds is 3. The lowest BCUT2D eigenvalue weighted by Gasteiger charge is -2.07. The Morgan fingerprint density at radius 1 is 1.33 bits per heavy atom. The minimum absolute atomic E-state index is 0.443.